The molecule has 0 amide bonds. The molecule has 0 bridgehead atoms. The highest BCUT2D eigenvalue weighted by molar-refractivity contribution is 5.81. The van der Waals surface area contributed by atoms with E-state index in [1.54, 1.807) is 18.2 Å². The van der Waals surface area contributed by atoms with Crippen molar-refractivity contribution in [3.8, 4) is 12.1 Å². The van der Waals surface area contributed by atoms with Gasteiger partial charge in [0, 0.05) is 18.3 Å². The van der Waals surface area contributed by atoms with Gasteiger partial charge >= 0.3 is 0 Å². The predicted octanol–water partition coefficient (Wildman–Crippen LogP) is 1.23. The molecule has 0 aliphatic rings. The van der Waals surface area contributed by atoms with Crippen molar-refractivity contribution in [2.75, 3.05) is 0 Å². The molecular formula is C11H7N5O2. The third kappa shape index (κ3) is 3.15. The molecule has 18 heavy (non-hydrogen) atoms. The van der Waals surface area contributed by atoms with Crippen molar-refractivity contribution in [3.05, 3.63) is 51.3 Å². The van der Waals surface area contributed by atoms with Crippen molar-refractivity contribution in [1.29, 1.82) is 10.5 Å². The van der Waals surface area contributed by atoms with Crippen molar-refractivity contribution in [1.82, 2.24) is 0 Å². The van der Waals surface area contributed by atoms with Crippen LogP contribution < -0.4 is 5.73 Å². The van der Waals surface area contributed by atoms with E-state index < -0.39 is 4.92 Å². The average Bonchev–Trinajstić information content (AvgIpc) is 2.39. The third-order valence-corrected chi connectivity index (χ3v) is 1.91. The summed E-state index contributed by atoms with van der Waals surface area (Å²) >= 11 is 0. The zero-order valence-corrected chi connectivity index (χ0v) is 9.07. The van der Waals surface area contributed by atoms with E-state index in [1.807, 2.05) is 0 Å². The molecule has 7 nitrogen and oxygen atoms in total. The number of hydrogen-bond acceptors (Lipinski definition) is 6. The predicted molar refractivity (Wildman–Crippen MR) is 63.1 cm³/mol. The van der Waals surface area contributed by atoms with Crippen LogP contribution in [0.4, 0.5) is 5.69 Å². The highest BCUT2D eigenvalue weighted by atomic mass is 16.6. The van der Waals surface area contributed by atoms with Gasteiger partial charge in [0.05, 0.1) is 4.92 Å². The normalized spacial score (nSPS) is 11.4. The van der Waals surface area contributed by atoms with Crippen molar-refractivity contribution in [3.63, 3.8) is 0 Å². The first kappa shape index (κ1) is 12.9. The highest BCUT2D eigenvalue weighted by Gasteiger charge is 2.04. The van der Waals surface area contributed by atoms with Crippen molar-refractivity contribution < 1.29 is 4.92 Å². The van der Waals surface area contributed by atoms with Crippen molar-refractivity contribution in [2.45, 2.75) is 0 Å². The van der Waals surface area contributed by atoms with Crippen LogP contribution in [-0.4, -0.2) is 11.1 Å². The van der Waals surface area contributed by atoms with Gasteiger partial charge in [-0.3, -0.25) is 10.1 Å². The largest absolute Gasteiger partial charge is 0.388 e. The number of nitro groups is 1. The van der Waals surface area contributed by atoms with Gasteiger partial charge in [-0.05, 0) is 5.56 Å². The van der Waals surface area contributed by atoms with Crippen LogP contribution in [0.2, 0.25) is 0 Å². The molecule has 1 aromatic carbocycles. The fourth-order valence-corrected chi connectivity index (χ4v) is 1.07. The number of allylic oxidation sites excluding steroid dienone is 2. The van der Waals surface area contributed by atoms with Crippen LogP contribution in [0.15, 0.2) is 40.7 Å². The maximum absolute atomic E-state index is 10.5. The number of benzene rings is 1. The van der Waals surface area contributed by atoms with Gasteiger partial charge in [0.15, 0.2) is 5.70 Å². The third-order valence-electron chi connectivity index (χ3n) is 1.91. The Morgan fingerprint density at radius 1 is 1.44 bits per heavy atom. The van der Waals surface area contributed by atoms with Crippen LogP contribution in [-0.2, 0) is 0 Å². The molecular weight excluding hydrogens is 234 g/mol. The molecule has 0 aromatic heterocycles. The molecule has 0 atom stereocenters. The summed E-state index contributed by atoms with van der Waals surface area (Å²) in [4.78, 5) is 13.7. The molecule has 0 spiro atoms. The van der Waals surface area contributed by atoms with E-state index in [1.165, 1.54) is 24.4 Å². The summed E-state index contributed by atoms with van der Waals surface area (Å²) in [6.45, 7) is 0. The van der Waals surface area contributed by atoms with Crippen LogP contribution in [0.5, 0.6) is 0 Å². The van der Waals surface area contributed by atoms with Crippen LogP contribution >= 0.6 is 0 Å². The highest BCUT2D eigenvalue weighted by Crippen LogP contribution is 2.12. The number of rotatable bonds is 3. The molecule has 88 valence electrons. The summed E-state index contributed by atoms with van der Waals surface area (Å²) in [6, 6.07) is 8.95. The summed E-state index contributed by atoms with van der Waals surface area (Å²) in [5.41, 5.74) is 5.05. The molecule has 2 N–H and O–H groups in total. The van der Waals surface area contributed by atoms with E-state index in [2.05, 4.69) is 4.99 Å². The van der Waals surface area contributed by atoms with Crippen LogP contribution in [0.1, 0.15) is 5.56 Å². The van der Waals surface area contributed by atoms with Gasteiger partial charge in [-0.2, -0.15) is 10.5 Å². The average molecular weight is 241 g/mol. The van der Waals surface area contributed by atoms with Crippen LogP contribution in [0.3, 0.4) is 0 Å². The minimum absolute atomic E-state index is 0.0882. The number of aliphatic imine (C=N–C) groups is 1. The van der Waals surface area contributed by atoms with Gasteiger partial charge in [0.1, 0.15) is 17.8 Å². The minimum atomic E-state index is -0.540. The quantitative estimate of drug-likeness (QED) is 0.368. The molecule has 0 fully saturated rings. The second kappa shape index (κ2) is 5.77. The Bertz CT molecular complexity index is 619. The van der Waals surface area contributed by atoms with Gasteiger partial charge in [-0.25, -0.2) is 4.99 Å². The summed E-state index contributed by atoms with van der Waals surface area (Å²) in [5.74, 6) is 0. The van der Waals surface area contributed by atoms with Crippen molar-refractivity contribution in [2.24, 2.45) is 10.7 Å². The van der Waals surface area contributed by atoms with E-state index in [0.717, 1.165) is 0 Å². The molecule has 0 unspecified atom stereocenters. The molecule has 1 aromatic rings. The maximum Gasteiger partial charge on any atom is 0.270 e. The number of hydrogen-bond donors (Lipinski definition) is 1. The Kier molecular flexibility index (Phi) is 4.13. The Balaban J connectivity index is 3.06. The SMILES string of the molecule is N#C/C(N)=C(C#N)\N=C\c1cccc([N+](=O)[O-])c1. The van der Waals surface area contributed by atoms with Crippen LogP contribution in [0, 0.1) is 32.8 Å². The Morgan fingerprint density at radius 3 is 2.72 bits per heavy atom. The second-order valence-corrected chi connectivity index (χ2v) is 3.10. The Hall–Kier alpha value is -3.19. The first-order valence-corrected chi connectivity index (χ1v) is 4.67. The summed E-state index contributed by atoms with van der Waals surface area (Å²) in [7, 11) is 0. The van der Waals surface area contributed by atoms with Gasteiger partial charge in [0.25, 0.3) is 5.69 Å². The monoisotopic (exact) mass is 241 g/mol. The Labute approximate surface area is 102 Å². The number of nitriles is 2. The lowest BCUT2D eigenvalue weighted by Crippen LogP contribution is -1.97. The number of nitrogens with zero attached hydrogens (tertiary/aromatic N) is 4. The molecule has 0 aliphatic heterocycles. The molecule has 0 radical (unpaired) electrons. The van der Waals surface area contributed by atoms with E-state index in [0.29, 0.717) is 5.56 Å². The van der Waals surface area contributed by atoms with Gasteiger partial charge in [-0.1, -0.05) is 12.1 Å². The standard InChI is InChI=1S/C11H7N5O2/c12-5-10(14)11(6-13)15-7-8-2-1-3-9(4-8)16(17)18/h1-4,7H,14H2/b11-10+,15-7+. The fraction of sp³-hybridized carbons (Fsp3) is 0. The lowest BCUT2D eigenvalue weighted by molar-refractivity contribution is -0.384. The van der Waals surface area contributed by atoms with E-state index in [9.17, 15) is 10.1 Å². The smallest absolute Gasteiger partial charge is 0.270 e. The molecule has 0 saturated heterocycles. The summed E-state index contributed by atoms with van der Waals surface area (Å²) in [5, 5.41) is 27.7. The zero-order chi connectivity index (χ0) is 13.5. The maximum atomic E-state index is 10.5. The first-order chi connectivity index (χ1) is 8.58. The molecule has 0 saturated carbocycles. The molecule has 1 rings (SSSR count). The fourth-order valence-electron chi connectivity index (χ4n) is 1.07. The first-order valence-electron chi connectivity index (χ1n) is 4.67. The second-order valence-electron chi connectivity index (χ2n) is 3.10. The summed E-state index contributed by atoms with van der Waals surface area (Å²) in [6.07, 6.45) is 1.23. The van der Waals surface area contributed by atoms with Crippen molar-refractivity contribution >= 4 is 11.9 Å². The summed E-state index contributed by atoms with van der Waals surface area (Å²) < 4.78 is 0. The molecule has 0 heterocycles. The van der Waals surface area contributed by atoms with Gasteiger partial charge in [0.2, 0.25) is 0 Å². The number of nitrogens with two attached hydrogens (primary N) is 1. The van der Waals surface area contributed by atoms with E-state index in [4.69, 9.17) is 16.3 Å². The van der Waals surface area contributed by atoms with E-state index >= 15 is 0 Å². The lowest BCUT2D eigenvalue weighted by Gasteiger charge is -1.94. The number of nitro benzene ring substituents is 1. The zero-order valence-electron chi connectivity index (χ0n) is 9.07. The lowest BCUT2D eigenvalue weighted by atomic mass is 10.2. The Morgan fingerprint density at radius 2 is 2.17 bits per heavy atom. The molecule has 7 heteroatoms. The number of non-ortho nitro benzene ring substituents is 1. The van der Waals surface area contributed by atoms with Gasteiger partial charge in [-0.15, -0.1) is 0 Å². The topological polar surface area (TPSA) is 129 Å². The molecule has 0 aliphatic carbocycles. The van der Waals surface area contributed by atoms with Gasteiger partial charge < -0.3 is 5.73 Å². The van der Waals surface area contributed by atoms with E-state index in [-0.39, 0.29) is 17.1 Å². The van der Waals surface area contributed by atoms with Crippen LogP contribution in [0.25, 0.3) is 0 Å². The minimum Gasteiger partial charge on any atom is -0.388 e.